The molecule has 1 rings (SSSR count). The van der Waals surface area contributed by atoms with E-state index in [2.05, 4.69) is 70.4 Å². The highest BCUT2D eigenvalue weighted by atomic mass is 14.9. The third-order valence-corrected chi connectivity index (χ3v) is 4.73. The topological polar surface area (TPSA) is 12.0 Å². The van der Waals surface area contributed by atoms with Gasteiger partial charge in [0.15, 0.2) is 0 Å². The Morgan fingerprint density at radius 3 is 2.00 bits per heavy atom. The van der Waals surface area contributed by atoms with Crippen LogP contribution >= 0.6 is 0 Å². The summed E-state index contributed by atoms with van der Waals surface area (Å²) in [4.78, 5) is 0. The molecule has 0 radical (unpaired) electrons. The monoisotopic (exact) mass is 247 g/mol. The van der Waals surface area contributed by atoms with E-state index in [1.54, 1.807) is 0 Å². The van der Waals surface area contributed by atoms with Crippen LogP contribution in [0.15, 0.2) is 30.3 Å². The van der Waals surface area contributed by atoms with Gasteiger partial charge >= 0.3 is 0 Å². The lowest BCUT2D eigenvalue weighted by atomic mass is 9.66. The van der Waals surface area contributed by atoms with Crippen molar-refractivity contribution >= 4 is 0 Å². The number of likely N-dealkylation sites (N-methyl/N-ethyl adjacent to an activating group) is 1. The number of hydrogen-bond acceptors (Lipinski definition) is 1. The van der Waals surface area contributed by atoms with Gasteiger partial charge in [-0.3, -0.25) is 0 Å². The molecule has 0 aromatic heterocycles. The molecule has 18 heavy (non-hydrogen) atoms. The van der Waals surface area contributed by atoms with Crippen molar-refractivity contribution in [2.24, 2.45) is 5.92 Å². The summed E-state index contributed by atoms with van der Waals surface area (Å²) >= 11 is 0. The Kier molecular flexibility index (Phi) is 5.87. The van der Waals surface area contributed by atoms with Crippen molar-refractivity contribution in [1.82, 2.24) is 5.32 Å². The summed E-state index contributed by atoms with van der Waals surface area (Å²) in [5.41, 5.74) is 1.74. The summed E-state index contributed by atoms with van der Waals surface area (Å²) in [5.74, 6) is 0.690. The average molecular weight is 247 g/mol. The van der Waals surface area contributed by atoms with E-state index < -0.39 is 0 Å². The number of nitrogens with one attached hydrogen (secondary N) is 1. The minimum Gasteiger partial charge on any atom is -0.316 e. The van der Waals surface area contributed by atoms with Crippen LogP contribution in [0.4, 0.5) is 0 Å². The molecule has 1 heteroatoms. The van der Waals surface area contributed by atoms with Crippen molar-refractivity contribution in [3.63, 3.8) is 0 Å². The van der Waals surface area contributed by atoms with Gasteiger partial charge in [-0.2, -0.15) is 0 Å². The van der Waals surface area contributed by atoms with E-state index in [1.807, 2.05) is 0 Å². The lowest BCUT2D eigenvalue weighted by Gasteiger charge is -2.43. The molecular weight excluding hydrogens is 218 g/mol. The maximum atomic E-state index is 3.59. The third kappa shape index (κ3) is 2.77. The molecule has 2 unspecified atom stereocenters. The fraction of sp³-hybridized carbons (Fsp3) is 0.647. The Morgan fingerprint density at radius 1 is 1.06 bits per heavy atom. The predicted molar refractivity (Wildman–Crippen MR) is 81.0 cm³/mol. The molecule has 0 spiro atoms. The largest absolute Gasteiger partial charge is 0.316 e. The van der Waals surface area contributed by atoms with E-state index in [-0.39, 0.29) is 5.41 Å². The quantitative estimate of drug-likeness (QED) is 0.754. The Hall–Kier alpha value is -0.820. The lowest BCUT2D eigenvalue weighted by Crippen LogP contribution is -2.50. The third-order valence-electron chi connectivity index (χ3n) is 4.73. The molecule has 1 aromatic carbocycles. The van der Waals surface area contributed by atoms with E-state index in [0.717, 1.165) is 0 Å². The standard InChI is InChI=1S/C17H29N/c1-6-14(4)16(18-5)17(7-2,8-3)15-12-10-9-11-13-15/h9-14,16,18H,6-8H2,1-5H3. The van der Waals surface area contributed by atoms with Gasteiger partial charge in [-0.25, -0.2) is 0 Å². The number of rotatable bonds is 7. The van der Waals surface area contributed by atoms with E-state index >= 15 is 0 Å². The van der Waals surface area contributed by atoms with Crippen LogP contribution < -0.4 is 5.32 Å². The van der Waals surface area contributed by atoms with Crippen LogP contribution in [0.1, 0.15) is 52.5 Å². The van der Waals surface area contributed by atoms with Gasteiger partial charge in [0.05, 0.1) is 0 Å². The number of benzene rings is 1. The first-order valence-electron chi connectivity index (χ1n) is 7.39. The van der Waals surface area contributed by atoms with Gasteiger partial charge < -0.3 is 5.32 Å². The van der Waals surface area contributed by atoms with E-state index in [1.165, 1.54) is 24.8 Å². The highest BCUT2D eigenvalue weighted by Crippen LogP contribution is 2.38. The second kappa shape index (κ2) is 6.94. The van der Waals surface area contributed by atoms with Crippen molar-refractivity contribution in [1.29, 1.82) is 0 Å². The van der Waals surface area contributed by atoms with Crippen molar-refractivity contribution in [3.8, 4) is 0 Å². The highest BCUT2D eigenvalue weighted by Gasteiger charge is 2.38. The summed E-state index contributed by atoms with van der Waals surface area (Å²) < 4.78 is 0. The smallest absolute Gasteiger partial charge is 0.0186 e. The maximum absolute atomic E-state index is 3.59. The Labute approximate surface area is 113 Å². The number of hydrogen-bond donors (Lipinski definition) is 1. The van der Waals surface area contributed by atoms with Crippen LogP contribution in [0.25, 0.3) is 0 Å². The molecule has 0 fully saturated rings. The van der Waals surface area contributed by atoms with E-state index in [9.17, 15) is 0 Å². The molecule has 0 aliphatic carbocycles. The normalized spacial score (nSPS) is 15.4. The van der Waals surface area contributed by atoms with Crippen molar-refractivity contribution < 1.29 is 0 Å². The van der Waals surface area contributed by atoms with E-state index in [4.69, 9.17) is 0 Å². The lowest BCUT2D eigenvalue weighted by molar-refractivity contribution is 0.215. The van der Waals surface area contributed by atoms with Crippen LogP contribution in [0.3, 0.4) is 0 Å². The highest BCUT2D eigenvalue weighted by molar-refractivity contribution is 5.28. The molecule has 0 bridgehead atoms. The van der Waals surface area contributed by atoms with Gasteiger partial charge in [0, 0.05) is 11.5 Å². The summed E-state index contributed by atoms with van der Waals surface area (Å²) in [6, 6.07) is 11.6. The van der Waals surface area contributed by atoms with Gasteiger partial charge in [0.2, 0.25) is 0 Å². The summed E-state index contributed by atoms with van der Waals surface area (Å²) in [6.07, 6.45) is 3.59. The predicted octanol–water partition coefficient (Wildman–Crippen LogP) is 4.38. The SMILES string of the molecule is CCC(C)C(NC)C(CC)(CC)c1ccccc1. The summed E-state index contributed by atoms with van der Waals surface area (Å²) in [5, 5.41) is 3.59. The van der Waals surface area contributed by atoms with Crippen LogP contribution in [0.5, 0.6) is 0 Å². The summed E-state index contributed by atoms with van der Waals surface area (Å²) in [7, 11) is 2.11. The molecule has 0 saturated carbocycles. The minimum absolute atomic E-state index is 0.255. The molecule has 0 aliphatic heterocycles. The van der Waals surface area contributed by atoms with Gasteiger partial charge in [-0.05, 0) is 31.4 Å². The molecule has 102 valence electrons. The van der Waals surface area contributed by atoms with Crippen LogP contribution in [0, 0.1) is 5.92 Å². The molecule has 1 nitrogen and oxygen atoms in total. The van der Waals surface area contributed by atoms with Gasteiger partial charge in [0.1, 0.15) is 0 Å². The molecule has 0 heterocycles. The van der Waals surface area contributed by atoms with Crippen LogP contribution in [-0.2, 0) is 5.41 Å². The molecule has 1 N–H and O–H groups in total. The average Bonchev–Trinajstić information content (AvgIpc) is 2.45. The van der Waals surface area contributed by atoms with Crippen LogP contribution in [-0.4, -0.2) is 13.1 Å². The molecule has 1 aromatic rings. The first-order chi connectivity index (χ1) is 8.66. The second-order valence-corrected chi connectivity index (χ2v) is 5.38. The first kappa shape index (κ1) is 15.2. The fourth-order valence-corrected chi connectivity index (χ4v) is 3.39. The van der Waals surface area contributed by atoms with Crippen molar-refractivity contribution in [3.05, 3.63) is 35.9 Å². The molecule has 2 atom stereocenters. The van der Waals surface area contributed by atoms with Gasteiger partial charge in [-0.1, -0.05) is 64.4 Å². The molecular formula is C17H29N. The molecule has 0 amide bonds. The summed E-state index contributed by atoms with van der Waals surface area (Å²) in [6.45, 7) is 9.30. The zero-order chi connectivity index (χ0) is 13.6. The Morgan fingerprint density at radius 2 is 1.61 bits per heavy atom. The zero-order valence-electron chi connectivity index (χ0n) is 12.7. The fourth-order valence-electron chi connectivity index (χ4n) is 3.39. The minimum atomic E-state index is 0.255. The van der Waals surface area contributed by atoms with Crippen LogP contribution in [0.2, 0.25) is 0 Å². The molecule has 0 aliphatic rings. The van der Waals surface area contributed by atoms with Crippen molar-refractivity contribution in [2.45, 2.75) is 58.4 Å². The van der Waals surface area contributed by atoms with Gasteiger partial charge in [-0.15, -0.1) is 0 Å². The zero-order valence-corrected chi connectivity index (χ0v) is 12.7. The van der Waals surface area contributed by atoms with Crippen molar-refractivity contribution in [2.75, 3.05) is 7.05 Å². The second-order valence-electron chi connectivity index (χ2n) is 5.38. The maximum Gasteiger partial charge on any atom is 0.0186 e. The first-order valence-corrected chi connectivity index (χ1v) is 7.39. The van der Waals surface area contributed by atoms with E-state index in [0.29, 0.717) is 12.0 Å². The van der Waals surface area contributed by atoms with Gasteiger partial charge in [0.25, 0.3) is 0 Å². The molecule has 0 saturated heterocycles. The Bertz CT molecular complexity index is 327. The Balaban J connectivity index is 3.21.